The van der Waals surface area contributed by atoms with Gasteiger partial charge >= 0.3 is 18.3 Å². The van der Waals surface area contributed by atoms with E-state index in [9.17, 15) is 31.1 Å². The molecule has 2 atom stereocenters. The van der Waals surface area contributed by atoms with Crippen LogP contribution in [0.15, 0.2) is 60.7 Å². The highest BCUT2D eigenvalue weighted by Crippen LogP contribution is 2.65. The second-order valence-corrected chi connectivity index (χ2v) is 11.5. The summed E-state index contributed by atoms with van der Waals surface area (Å²) in [5.41, 5.74) is 4.03. The Bertz CT molecular complexity index is 1780. The van der Waals surface area contributed by atoms with Crippen LogP contribution in [0.4, 0.5) is 37.7 Å². The molecule has 1 aliphatic carbocycles. The Balaban J connectivity index is 0.000000460. The third kappa shape index (κ3) is 5.58. The number of rotatable bonds is 3. The molecular formula is C31H27F6N5O3. The Kier molecular flexibility index (Phi) is 7.30. The molecule has 0 bridgehead atoms. The number of hydrogen-bond acceptors (Lipinski definition) is 5. The SMILES string of the molecule is CN1CCN(c2ccc(-c3n[nH]c4cc(C5CC56C(=O)Nc5ccc(C(F)(F)F)cc56)ccc34)cc2)CC1.O=C(O)C(F)(F)F. The molecule has 4 aromatic rings. The third-order valence-electron chi connectivity index (χ3n) is 8.68. The number of aromatic amines is 1. The van der Waals surface area contributed by atoms with Crippen LogP contribution in [-0.4, -0.2) is 71.5 Å². The molecule has 1 amide bonds. The Morgan fingerprint density at radius 2 is 1.62 bits per heavy atom. The van der Waals surface area contributed by atoms with Gasteiger partial charge in [0, 0.05) is 54.4 Å². The van der Waals surface area contributed by atoms with Gasteiger partial charge in [-0.3, -0.25) is 9.89 Å². The molecule has 3 aromatic carbocycles. The van der Waals surface area contributed by atoms with Crippen molar-refractivity contribution < 1.29 is 41.0 Å². The number of amides is 1. The number of hydrogen-bond donors (Lipinski definition) is 3. The number of aliphatic carboxylic acids is 1. The first-order valence-corrected chi connectivity index (χ1v) is 14.0. The molecule has 1 spiro atoms. The van der Waals surface area contributed by atoms with E-state index < -0.39 is 29.3 Å². The maximum Gasteiger partial charge on any atom is 0.490 e. The fourth-order valence-electron chi connectivity index (χ4n) is 6.14. The summed E-state index contributed by atoms with van der Waals surface area (Å²) in [6, 6.07) is 17.9. The van der Waals surface area contributed by atoms with Crippen LogP contribution in [0, 0.1) is 0 Å². The molecular weight excluding hydrogens is 604 g/mol. The molecule has 1 saturated heterocycles. The molecule has 7 rings (SSSR count). The lowest BCUT2D eigenvalue weighted by molar-refractivity contribution is -0.192. The Labute approximate surface area is 252 Å². The van der Waals surface area contributed by atoms with Crippen LogP contribution >= 0.6 is 0 Å². The first-order valence-electron chi connectivity index (χ1n) is 14.0. The average molecular weight is 632 g/mol. The Morgan fingerprint density at radius 1 is 0.956 bits per heavy atom. The number of aromatic nitrogens is 2. The summed E-state index contributed by atoms with van der Waals surface area (Å²) in [5.74, 6) is -3.18. The second-order valence-electron chi connectivity index (χ2n) is 11.5. The summed E-state index contributed by atoms with van der Waals surface area (Å²) in [6.07, 6.45) is -9.06. The summed E-state index contributed by atoms with van der Waals surface area (Å²) in [4.78, 5) is 26.6. The van der Waals surface area contributed by atoms with E-state index >= 15 is 0 Å². The number of H-pyrrole nitrogens is 1. The predicted molar refractivity (Wildman–Crippen MR) is 154 cm³/mol. The van der Waals surface area contributed by atoms with Gasteiger partial charge in [0.1, 0.15) is 0 Å². The predicted octanol–water partition coefficient (Wildman–Crippen LogP) is 6.01. The number of nitrogens with one attached hydrogen (secondary N) is 2. The molecule has 3 N–H and O–H groups in total. The van der Waals surface area contributed by atoms with Gasteiger partial charge in [-0.2, -0.15) is 31.4 Å². The van der Waals surface area contributed by atoms with E-state index in [4.69, 9.17) is 9.90 Å². The Hall–Kier alpha value is -4.59. The number of carboxylic acids is 1. The van der Waals surface area contributed by atoms with Gasteiger partial charge in [0.05, 0.1) is 22.2 Å². The minimum Gasteiger partial charge on any atom is -0.475 e. The number of piperazine rings is 1. The largest absolute Gasteiger partial charge is 0.490 e. The first kappa shape index (κ1) is 30.4. The summed E-state index contributed by atoms with van der Waals surface area (Å²) >= 11 is 0. The highest BCUT2D eigenvalue weighted by Gasteiger charge is 2.65. The average Bonchev–Trinajstić information content (AvgIpc) is 3.51. The van der Waals surface area contributed by atoms with Crippen molar-refractivity contribution in [2.24, 2.45) is 0 Å². The van der Waals surface area contributed by atoms with Crippen LogP contribution in [0.5, 0.6) is 0 Å². The minimum absolute atomic E-state index is 0.189. The lowest BCUT2D eigenvalue weighted by atomic mass is 9.90. The standard InChI is InChI=1S/C29H26F3N5O.C2HF3O2/c1-36-10-12-37(13-11-36)20-6-2-17(3-7-20)26-21-8-4-18(14-25(21)34-35-26)23-16-28(23)22-15-19(29(30,31)32)5-9-24(22)33-27(28)38;3-2(4,5)1(6)7/h2-9,14-15,23H,10-13,16H2,1H3,(H,33,38)(H,34,35);(H,6,7). The smallest absolute Gasteiger partial charge is 0.475 e. The number of nitrogens with zero attached hydrogens (tertiary/aromatic N) is 3. The summed E-state index contributed by atoms with van der Waals surface area (Å²) in [6.45, 7) is 4.11. The fourth-order valence-corrected chi connectivity index (χ4v) is 6.14. The molecule has 236 valence electrons. The van der Waals surface area contributed by atoms with E-state index in [0.717, 1.165) is 66.0 Å². The Morgan fingerprint density at radius 3 is 2.24 bits per heavy atom. The van der Waals surface area contributed by atoms with E-state index in [0.29, 0.717) is 17.7 Å². The number of carbonyl (C=O) groups is 2. The van der Waals surface area contributed by atoms with Gasteiger partial charge in [-0.1, -0.05) is 24.3 Å². The van der Waals surface area contributed by atoms with Crippen LogP contribution in [-0.2, 0) is 21.2 Å². The van der Waals surface area contributed by atoms with Crippen LogP contribution in [0.3, 0.4) is 0 Å². The monoisotopic (exact) mass is 631 g/mol. The maximum absolute atomic E-state index is 13.4. The van der Waals surface area contributed by atoms with Crippen molar-refractivity contribution in [1.29, 1.82) is 0 Å². The van der Waals surface area contributed by atoms with E-state index in [1.54, 1.807) is 0 Å². The molecule has 2 unspecified atom stereocenters. The number of halogens is 6. The molecule has 45 heavy (non-hydrogen) atoms. The topological polar surface area (TPSA) is 102 Å². The van der Waals surface area contributed by atoms with E-state index in [1.165, 1.54) is 11.8 Å². The third-order valence-corrected chi connectivity index (χ3v) is 8.68. The van der Waals surface area contributed by atoms with Gasteiger partial charge in [0.15, 0.2) is 0 Å². The number of carboxylic acid groups (broad SMARTS) is 1. The molecule has 2 aliphatic heterocycles. The molecule has 3 aliphatic rings. The molecule has 0 radical (unpaired) electrons. The van der Waals surface area contributed by atoms with Crippen LogP contribution in [0.25, 0.3) is 22.2 Å². The zero-order valence-corrected chi connectivity index (χ0v) is 23.8. The van der Waals surface area contributed by atoms with E-state index in [-0.39, 0.29) is 11.8 Å². The number of likely N-dealkylation sites (N-methyl/N-ethyl adjacent to an activating group) is 1. The number of alkyl halides is 6. The van der Waals surface area contributed by atoms with Crippen molar-refractivity contribution in [2.45, 2.75) is 30.1 Å². The van der Waals surface area contributed by atoms with E-state index in [2.05, 4.69) is 56.6 Å². The number of benzene rings is 3. The van der Waals surface area contributed by atoms with Crippen molar-refractivity contribution >= 4 is 34.2 Å². The van der Waals surface area contributed by atoms with Crippen molar-refractivity contribution in [3.63, 3.8) is 0 Å². The molecule has 2 fully saturated rings. The minimum atomic E-state index is -5.08. The maximum atomic E-state index is 13.4. The van der Waals surface area contributed by atoms with Gasteiger partial charge < -0.3 is 20.2 Å². The summed E-state index contributed by atoms with van der Waals surface area (Å²) in [5, 5.41) is 18.6. The molecule has 3 heterocycles. The number of anilines is 2. The fraction of sp³-hybridized carbons (Fsp3) is 0.323. The van der Waals surface area contributed by atoms with Crippen molar-refractivity contribution in [1.82, 2.24) is 15.1 Å². The zero-order valence-electron chi connectivity index (χ0n) is 23.8. The quantitative estimate of drug-likeness (QED) is 0.240. The number of carbonyl (C=O) groups excluding carboxylic acids is 1. The zero-order chi connectivity index (χ0) is 32.3. The van der Waals surface area contributed by atoms with Gasteiger partial charge in [0.25, 0.3) is 0 Å². The van der Waals surface area contributed by atoms with Crippen LogP contribution < -0.4 is 10.2 Å². The van der Waals surface area contributed by atoms with Gasteiger partial charge in [-0.05, 0) is 61.0 Å². The molecule has 1 aromatic heterocycles. The lowest BCUT2D eigenvalue weighted by Crippen LogP contribution is -2.44. The van der Waals surface area contributed by atoms with Gasteiger partial charge in [-0.25, -0.2) is 4.79 Å². The molecule has 1 saturated carbocycles. The van der Waals surface area contributed by atoms with Crippen LogP contribution in [0.1, 0.15) is 29.0 Å². The molecule has 8 nitrogen and oxygen atoms in total. The van der Waals surface area contributed by atoms with Gasteiger partial charge in [-0.15, -0.1) is 0 Å². The van der Waals surface area contributed by atoms with Crippen molar-refractivity contribution in [2.75, 3.05) is 43.4 Å². The van der Waals surface area contributed by atoms with Gasteiger partial charge in [0.2, 0.25) is 5.91 Å². The van der Waals surface area contributed by atoms with Crippen molar-refractivity contribution in [3.05, 3.63) is 77.4 Å². The normalized spacial score (nSPS) is 21.4. The molecule has 14 heteroatoms. The first-order chi connectivity index (χ1) is 21.2. The summed E-state index contributed by atoms with van der Waals surface area (Å²) in [7, 11) is 2.14. The summed E-state index contributed by atoms with van der Waals surface area (Å²) < 4.78 is 71.9. The second kappa shape index (κ2) is 10.8. The highest BCUT2D eigenvalue weighted by atomic mass is 19.4. The van der Waals surface area contributed by atoms with Crippen LogP contribution in [0.2, 0.25) is 0 Å². The van der Waals surface area contributed by atoms with E-state index in [1.807, 2.05) is 18.2 Å². The van der Waals surface area contributed by atoms with Crippen molar-refractivity contribution in [3.8, 4) is 11.3 Å². The highest BCUT2D eigenvalue weighted by molar-refractivity contribution is 6.10. The lowest BCUT2D eigenvalue weighted by Gasteiger charge is -2.34. The number of fused-ring (bicyclic) bond motifs is 3.